The molecule has 0 spiro atoms. The summed E-state index contributed by atoms with van der Waals surface area (Å²) < 4.78 is 13.4. The van der Waals surface area contributed by atoms with Gasteiger partial charge in [-0.05, 0) is 43.7 Å². The maximum absolute atomic E-state index is 13.2. The van der Waals surface area contributed by atoms with Crippen LogP contribution in [0.1, 0.15) is 25.3 Å². The molecule has 2 nitrogen and oxygen atoms in total. The molecular weight excluding hydrogens is 235 g/mol. The highest BCUT2D eigenvalue weighted by Gasteiger charge is 2.28. The van der Waals surface area contributed by atoms with Crippen molar-refractivity contribution in [2.45, 2.75) is 24.5 Å². The number of nitriles is 1. The van der Waals surface area contributed by atoms with Crippen molar-refractivity contribution >= 4 is 17.4 Å². The average molecular weight is 250 g/mol. The van der Waals surface area contributed by atoms with Crippen LogP contribution in [-0.2, 0) is 0 Å². The Labute approximate surface area is 105 Å². The Kier molecular flexibility index (Phi) is 3.58. The van der Waals surface area contributed by atoms with Gasteiger partial charge >= 0.3 is 0 Å². The zero-order valence-electron chi connectivity index (χ0n) is 9.79. The molecule has 1 aliphatic heterocycles. The number of nitrogens with one attached hydrogen (secondary N) is 1. The third kappa shape index (κ3) is 3.13. The first-order valence-electron chi connectivity index (χ1n) is 5.70. The molecule has 0 aliphatic carbocycles. The largest absolute Gasteiger partial charge is 0.384 e. The number of anilines is 1. The van der Waals surface area contributed by atoms with Gasteiger partial charge in [-0.1, -0.05) is 0 Å². The molecule has 1 saturated heterocycles. The van der Waals surface area contributed by atoms with E-state index in [-0.39, 0.29) is 10.6 Å². The predicted octanol–water partition coefficient (Wildman–Crippen LogP) is 3.39. The quantitative estimate of drug-likeness (QED) is 0.893. The number of hydrogen-bond acceptors (Lipinski definition) is 3. The first-order valence-corrected chi connectivity index (χ1v) is 6.68. The SMILES string of the molecule is CC1(CNc2cc(F)cc(C#N)c2)CCCS1. The Morgan fingerprint density at radius 3 is 3.00 bits per heavy atom. The van der Waals surface area contributed by atoms with Gasteiger partial charge in [-0.15, -0.1) is 0 Å². The molecule has 1 aromatic carbocycles. The molecule has 1 N–H and O–H groups in total. The second-order valence-electron chi connectivity index (χ2n) is 4.60. The van der Waals surface area contributed by atoms with E-state index in [0.717, 1.165) is 6.54 Å². The number of rotatable bonds is 3. The fourth-order valence-corrected chi connectivity index (χ4v) is 3.27. The smallest absolute Gasteiger partial charge is 0.126 e. The lowest BCUT2D eigenvalue weighted by Crippen LogP contribution is -2.27. The minimum Gasteiger partial charge on any atom is -0.384 e. The van der Waals surface area contributed by atoms with Crippen LogP contribution < -0.4 is 5.32 Å². The molecule has 0 radical (unpaired) electrons. The average Bonchev–Trinajstić information content (AvgIpc) is 2.73. The Bertz CT molecular complexity index is 447. The van der Waals surface area contributed by atoms with E-state index in [2.05, 4.69) is 12.2 Å². The summed E-state index contributed by atoms with van der Waals surface area (Å²) in [7, 11) is 0. The second-order valence-corrected chi connectivity index (χ2v) is 6.28. The normalized spacial score (nSPS) is 23.4. The summed E-state index contributed by atoms with van der Waals surface area (Å²) in [6, 6.07) is 6.33. The van der Waals surface area contributed by atoms with Crippen LogP contribution in [0.3, 0.4) is 0 Å². The van der Waals surface area contributed by atoms with Gasteiger partial charge in [0.15, 0.2) is 0 Å². The molecule has 1 unspecified atom stereocenters. The number of thioether (sulfide) groups is 1. The summed E-state index contributed by atoms with van der Waals surface area (Å²) in [5.74, 6) is 0.834. The van der Waals surface area contributed by atoms with Crippen molar-refractivity contribution in [2.75, 3.05) is 17.6 Å². The van der Waals surface area contributed by atoms with Crippen molar-refractivity contribution in [3.63, 3.8) is 0 Å². The number of halogens is 1. The summed E-state index contributed by atoms with van der Waals surface area (Å²) in [5.41, 5.74) is 1.05. The van der Waals surface area contributed by atoms with E-state index >= 15 is 0 Å². The van der Waals surface area contributed by atoms with Crippen molar-refractivity contribution in [2.24, 2.45) is 0 Å². The standard InChI is InChI=1S/C13H15FN2S/c1-13(3-2-4-17-13)9-16-12-6-10(8-15)5-11(14)7-12/h5-7,16H,2-4,9H2,1H3. The zero-order chi connectivity index (χ0) is 12.3. The molecule has 2 rings (SSSR count). The topological polar surface area (TPSA) is 35.8 Å². The fraction of sp³-hybridized carbons (Fsp3) is 0.462. The van der Waals surface area contributed by atoms with Gasteiger partial charge in [0.05, 0.1) is 11.6 Å². The summed E-state index contributed by atoms with van der Waals surface area (Å²) in [6.07, 6.45) is 2.43. The van der Waals surface area contributed by atoms with Crippen molar-refractivity contribution in [1.29, 1.82) is 5.26 Å². The van der Waals surface area contributed by atoms with Crippen LogP contribution in [0.2, 0.25) is 0 Å². The molecule has 90 valence electrons. The van der Waals surface area contributed by atoms with Gasteiger partial charge in [-0.25, -0.2) is 4.39 Å². The lowest BCUT2D eigenvalue weighted by molar-refractivity contribution is 0.623. The van der Waals surface area contributed by atoms with Gasteiger partial charge in [-0.2, -0.15) is 17.0 Å². The van der Waals surface area contributed by atoms with E-state index in [1.165, 1.54) is 30.7 Å². The fourth-order valence-electron chi connectivity index (χ4n) is 2.02. The Morgan fingerprint density at radius 1 is 1.53 bits per heavy atom. The molecule has 0 amide bonds. The first kappa shape index (κ1) is 12.3. The maximum Gasteiger partial charge on any atom is 0.126 e. The molecule has 0 bridgehead atoms. The molecule has 17 heavy (non-hydrogen) atoms. The Morgan fingerprint density at radius 2 is 2.35 bits per heavy atom. The van der Waals surface area contributed by atoms with Crippen molar-refractivity contribution in [3.8, 4) is 6.07 Å². The molecule has 1 aromatic rings. The molecule has 4 heteroatoms. The van der Waals surface area contributed by atoms with Crippen molar-refractivity contribution < 1.29 is 4.39 Å². The van der Waals surface area contributed by atoms with Crippen LogP contribution in [0, 0.1) is 17.1 Å². The van der Waals surface area contributed by atoms with Crippen LogP contribution in [0.15, 0.2) is 18.2 Å². The Hall–Kier alpha value is -1.21. The molecule has 0 aromatic heterocycles. The number of hydrogen-bond donors (Lipinski definition) is 1. The van der Waals surface area contributed by atoms with Gasteiger partial charge in [0.25, 0.3) is 0 Å². The maximum atomic E-state index is 13.2. The first-order chi connectivity index (χ1) is 8.11. The highest BCUT2D eigenvalue weighted by atomic mass is 32.2. The Balaban J connectivity index is 2.04. The monoisotopic (exact) mass is 250 g/mol. The molecule has 1 heterocycles. The zero-order valence-corrected chi connectivity index (χ0v) is 10.6. The molecular formula is C13H15FN2S. The van der Waals surface area contributed by atoms with Gasteiger partial charge in [-0.3, -0.25) is 0 Å². The highest BCUT2D eigenvalue weighted by Crippen LogP contribution is 2.37. The summed E-state index contributed by atoms with van der Waals surface area (Å²) in [4.78, 5) is 0. The van der Waals surface area contributed by atoms with Crippen LogP contribution in [0.4, 0.5) is 10.1 Å². The van der Waals surface area contributed by atoms with Gasteiger partial charge in [0.1, 0.15) is 5.82 Å². The van der Waals surface area contributed by atoms with Gasteiger partial charge in [0.2, 0.25) is 0 Å². The van der Waals surface area contributed by atoms with Crippen LogP contribution in [0.25, 0.3) is 0 Å². The molecule has 0 saturated carbocycles. The molecule has 1 aliphatic rings. The highest BCUT2D eigenvalue weighted by molar-refractivity contribution is 8.00. The van der Waals surface area contributed by atoms with E-state index in [0.29, 0.717) is 11.3 Å². The summed E-state index contributed by atoms with van der Waals surface area (Å²) in [6.45, 7) is 3.04. The summed E-state index contributed by atoms with van der Waals surface area (Å²) >= 11 is 1.96. The van der Waals surface area contributed by atoms with E-state index in [1.54, 1.807) is 6.07 Å². The van der Waals surface area contributed by atoms with Crippen molar-refractivity contribution in [3.05, 3.63) is 29.6 Å². The van der Waals surface area contributed by atoms with E-state index in [1.807, 2.05) is 17.8 Å². The number of nitrogens with zero attached hydrogens (tertiary/aromatic N) is 1. The minimum atomic E-state index is -0.365. The molecule has 1 fully saturated rings. The van der Waals surface area contributed by atoms with E-state index < -0.39 is 0 Å². The predicted molar refractivity (Wildman–Crippen MR) is 69.7 cm³/mol. The summed E-state index contributed by atoms with van der Waals surface area (Å²) in [5, 5.41) is 12.0. The number of benzene rings is 1. The minimum absolute atomic E-state index is 0.235. The lowest BCUT2D eigenvalue weighted by Gasteiger charge is -2.23. The third-order valence-electron chi connectivity index (χ3n) is 2.99. The van der Waals surface area contributed by atoms with Crippen LogP contribution >= 0.6 is 11.8 Å². The lowest BCUT2D eigenvalue weighted by atomic mass is 10.1. The van der Waals surface area contributed by atoms with E-state index in [9.17, 15) is 4.39 Å². The van der Waals surface area contributed by atoms with E-state index in [4.69, 9.17) is 5.26 Å². The van der Waals surface area contributed by atoms with Gasteiger partial charge in [0, 0.05) is 17.0 Å². The van der Waals surface area contributed by atoms with Crippen LogP contribution in [-0.4, -0.2) is 17.0 Å². The second kappa shape index (κ2) is 4.97. The third-order valence-corrected chi connectivity index (χ3v) is 4.53. The van der Waals surface area contributed by atoms with Gasteiger partial charge < -0.3 is 5.32 Å². The van der Waals surface area contributed by atoms with Crippen molar-refractivity contribution in [1.82, 2.24) is 0 Å². The molecule has 1 atom stereocenters. The van der Waals surface area contributed by atoms with Crippen LogP contribution in [0.5, 0.6) is 0 Å².